The van der Waals surface area contributed by atoms with E-state index in [-0.39, 0.29) is 5.41 Å². The lowest BCUT2D eigenvalue weighted by molar-refractivity contribution is 0.644. The molecule has 0 unspecified atom stereocenters. The number of aliphatic imine (C=N–C) groups is 1. The highest BCUT2D eigenvalue weighted by atomic mass is 15.0. The second kappa shape index (κ2) is 16.6. The second-order valence-corrected chi connectivity index (χ2v) is 17.0. The van der Waals surface area contributed by atoms with Crippen molar-refractivity contribution in [3.63, 3.8) is 0 Å². The molecule has 0 fully saturated rings. The molecule has 2 N–H and O–H groups in total. The van der Waals surface area contributed by atoms with E-state index in [9.17, 15) is 0 Å². The monoisotopic (exact) mass is 811 g/mol. The molecule has 0 saturated heterocycles. The predicted octanol–water partition coefficient (Wildman–Crippen LogP) is 15.0. The minimum Gasteiger partial charge on any atom is -0.383 e. The van der Waals surface area contributed by atoms with Gasteiger partial charge in [0.15, 0.2) is 0 Å². The fourth-order valence-electron chi connectivity index (χ4n) is 9.43. The first-order chi connectivity index (χ1) is 30.9. The van der Waals surface area contributed by atoms with Gasteiger partial charge in [0.25, 0.3) is 0 Å². The van der Waals surface area contributed by atoms with Gasteiger partial charge in [-0.1, -0.05) is 214 Å². The van der Waals surface area contributed by atoms with Gasteiger partial charge in [-0.15, -0.1) is 0 Å². The quantitative estimate of drug-likeness (QED) is 0.0834. The van der Waals surface area contributed by atoms with Crippen LogP contribution in [0.3, 0.4) is 0 Å². The lowest BCUT2D eigenvalue weighted by Gasteiger charge is -2.21. The maximum atomic E-state index is 6.76. The summed E-state index contributed by atoms with van der Waals surface area (Å²) in [7, 11) is 0. The molecule has 1 aliphatic carbocycles. The molecular formula is C60H49N3. The van der Waals surface area contributed by atoms with Gasteiger partial charge < -0.3 is 10.3 Å². The molecule has 10 rings (SSSR count). The third kappa shape index (κ3) is 7.42. The second-order valence-electron chi connectivity index (χ2n) is 17.0. The smallest absolute Gasteiger partial charge is 0.131 e. The van der Waals surface area contributed by atoms with E-state index in [1.807, 2.05) is 36.4 Å². The Kier molecular flexibility index (Phi) is 10.4. The maximum absolute atomic E-state index is 6.76. The van der Waals surface area contributed by atoms with Crippen molar-refractivity contribution in [3.05, 3.63) is 252 Å². The van der Waals surface area contributed by atoms with E-state index < -0.39 is 0 Å². The minimum absolute atomic E-state index is 0.0188. The Labute approximate surface area is 370 Å². The molecule has 0 radical (unpaired) electrons. The number of nitrogens with two attached hydrogens (primary N) is 1. The molecule has 1 aromatic heterocycles. The van der Waals surface area contributed by atoms with Gasteiger partial charge in [-0.05, 0) is 86.8 Å². The summed E-state index contributed by atoms with van der Waals surface area (Å²) >= 11 is 0. The largest absolute Gasteiger partial charge is 0.383 e. The zero-order valence-electron chi connectivity index (χ0n) is 35.8. The molecule has 9 aromatic rings. The van der Waals surface area contributed by atoms with Crippen LogP contribution in [0.15, 0.2) is 235 Å². The highest BCUT2D eigenvalue weighted by Gasteiger charge is 2.33. The number of amidine groups is 1. The Morgan fingerprint density at radius 3 is 2.03 bits per heavy atom. The number of nitrogens with zero attached hydrogens (tertiary/aromatic N) is 2. The molecule has 3 heteroatoms. The van der Waals surface area contributed by atoms with Crippen molar-refractivity contribution in [1.82, 2.24) is 4.57 Å². The van der Waals surface area contributed by atoms with Crippen LogP contribution in [-0.2, 0) is 11.8 Å². The van der Waals surface area contributed by atoms with Crippen molar-refractivity contribution in [2.24, 2.45) is 10.7 Å². The van der Waals surface area contributed by atoms with Crippen molar-refractivity contribution in [2.45, 2.75) is 32.1 Å². The van der Waals surface area contributed by atoms with Crippen LogP contribution >= 0.6 is 0 Å². The summed E-state index contributed by atoms with van der Waals surface area (Å²) in [6.07, 6.45) is 10.3. The van der Waals surface area contributed by atoms with E-state index >= 15 is 0 Å². The Morgan fingerprint density at radius 2 is 1.27 bits per heavy atom. The highest BCUT2D eigenvalue weighted by molar-refractivity contribution is 6.10. The van der Waals surface area contributed by atoms with E-state index in [4.69, 9.17) is 10.7 Å². The van der Waals surface area contributed by atoms with Gasteiger partial charge in [0, 0.05) is 33.0 Å². The van der Waals surface area contributed by atoms with Gasteiger partial charge in [0.05, 0.1) is 16.7 Å². The Bertz CT molecular complexity index is 3300. The van der Waals surface area contributed by atoms with Crippen molar-refractivity contribution >= 4 is 44.1 Å². The first kappa shape index (κ1) is 39.4. The van der Waals surface area contributed by atoms with Crippen LogP contribution in [0.4, 0.5) is 0 Å². The fourth-order valence-corrected chi connectivity index (χ4v) is 9.43. The molecule has 0 spiro atoms. The molecular weight excluding hydrogens is 763 g/mol. The van der Waals surface area contributed by atoms with Gasteiger partial charge in [0.2, 0.25) is 0 Å². The van der Waals surface area contributed by atoms with Crippen molar-refractivity contribution in [1.29, 1.82) is 0 Å². The summed E-state index contributed by atoms with van der Waals surface area (Å²) in [4.78, 5) is 5.15. The van der Waals surface area contributed by atoms with Crippen LogP contribution in [0.5, 0.6) is 0 Å². The number of hydrogen-bond donors (Lipinski definition) is 1. The van der Waals surface area contributed by atoms with Crippen LogP contribution in [0.1, 0.15) is 42.5 Å². The van der Waals surface area contributed by atoms with E-state index in [1.54, 1.807) is 0 Å². The van der Waals surface area contributed by atoms with E-state index in [2.05, 4.69) is 201 Å². The molecule has 304 valence electrons. The normalized spacial score (nSPS) is 14.8. The summed E-state index contributed by atoms with van der Waals surface area (Å²) in [6, 6.07) is 67.0. The van der Waals surface area contributed by atoms with Crippen molar-refractivity contribution in [2.75, 3.05) is 0 Å². The summed E-state index contributed by atoms with van der Waals surface area (Å²) in [5, 5.41) is 4.78. The van der Waals surface area contributed by atoms with Gasteiger partial charge in [-0.3, -0.25) is 0 Å². The van der Waals surface area contributed by atoms with Crippen LogP contribution < -0.4 is 5.73 Å². The van der Waals surface area contributed by atoms with Crippen LogP contribution in [-0.4, -0.2) is 10.4 Å². The Morgan fingerprint density at radius 1 is 0.635 bits per heavy atom. The highest BCUT2D eigenvalue weighted by Crippen LogP contribution is 2.43. The zero-order chi connectivity index (χ0) is 42.9. The molecule has 8 aromatic carbocycles. The maximum Gasteiger partial charge on any atom is 0.131 e. The zero-order valence-corrected chi connectivity index (χ0v) is 35.8. The van der Waals surface area contributed by atoms with E-state index in [1.165, 1.54) is 55.2 Å². The van der Waals surface area contributed by atoms with Crippen LogP contribution in [0.25, 0.3) is 66.2 Å². The number of para-hydroxylation sites is 2. The molecule has 1 aliphatic rings. The molecule has 0 aliphatic heterocycles. The summed E-state index contributed by atoms with van der Waals surface area (Å²) in [5.41, 5.74) is 23.0. The summed E-state index contributed by atoms with van der Waals surface area (Å²) in [6.45, 7) is 8.85. The number of fused-ring (bicyclic) bond motifs is 5. The fraction of sp³-hybridized carbons (Fsp3) is 0.0833. The third-order valence-corrected chi connectivity index (χ3v) is 12.9. The summed E-state index contributed by atoms with van der Waals surface area (Å²) < 4.78 is 2.37. The molecule has 0 atom stereocenters. The van der Waals surface area contributed by atoms with Gasteiger partial charge in [-0.2, -0.15) is 0 Å². The standard InChI is InChI=1S/C60H49N3/c1-4-41(27-34-47-39-46-19-11-15-25-55(46)60(47,2)3)28-38-56(62-59(61)44-17-7-5-8-18-44)52-37-36-49(50-22-12-13-23-51(50)52)43-31-29-42(30-32-43)45-33-35-54-53-24-14-16-26-57(53)63(58(54)40-45)48-20-9-6-10-21-48/h4-27,29-38,40H,1,28,39H2,2-3H3,(H2,61,62)/b41-27+,47-34+,56-38-. The van der Waals surface area contributed by atoms with E-state index in [0.717, 1.165) is 50.8 Å². The molecule has 63 heavy (non-hydrogen) atoms. The third-order valence-electron chi connectivity index (χ3n) is 12.9. The molecule has 0 saturated carbocycles. The van der Waals surface area contributed by atoms with E-state index in [0.29, 0.717) is 12.3 Å². The molecule has 0 bridgehead atoms. The lowest BCUT2D eigenvalue weighted by atomic mass is 9.82. The summed E-state index contributed by atoms with van der Waals surface area (Å²) in [5.74, 6) is 0.477. The minimum atomic E-state index is -0.0188. The number of benzene rings is 8. The average Bonchev–Trinajstić information content (AvgIpc) is 3.80. The SMILES string of the molecule is C=C/C(=C\C=C1/Cc2ccccc2C1(C)C)C/C=C(\N=C(N)c1ccccc1)c1ccc(-c2ccc(-c3ccc4c5ccccc5n(-c5ccccc5)c4c3)cc2)c2ccccc12. The first-order valence-corrected chi connectivity index (χ1v) is 21.8. The molecule has 0 amide bonds. The Hall–Kier alpha value is -7.75. The number of aromatic nitrogens is 1. The predicted molar refractivity (Wildman–Crippen MR) is 268 cm³/mol. The van der Waals surface area contributed by atoms with Crippen molar-refractivity contribution in [3.8, 4) is 27.9 Å². The average molecular weight is 812 g/mol. The van der Waals surface area contributed by atoms with Crippen LogP contribution in [0.2, 0.25) is 0 Å². The number of allylic oxidation sites excluding steroid dienone is 6. The van der Waals surface area contributed by atoms with Gasteiger partial charge in [0.1, 0.15) is 5.84 Å². The number of hydrogen-bond acceptors (Lipinski definition) is 1. The first-order valence-electron chi connectivity index (χ1n) is 21.8. The molecule has 1 heterocycles. The van der Waals surface area contributed by atoms with Gasteiger partial charge >= 0.3 is 0 Å². The van der Waals surface area contributed by atoms with Crippen molar-refractivity contribution < 1.29 is 0 Å². The number of rotatable bonds is 10. The van der Waals surface area contributed by atoms with Crippen LogP contribution in [0, 0.1) is 0 Å². The molecule has 3 nitrogen and oxygen atoms in total. The Balaban J connectivity index is 1.01. The lowest BCUT2D eigenvalue weighted by Crippen LogP contribution is -2.15. The topological polar surface area (TPSA) is 43.3 Å². The van der Waals surface area contributed by atoms with Gasteiger partial charge in [-0.25, -0.2) is 4.99 Å².